The van der Waals surface area contributed by atoms with Crippen LogP contribution in [0.2, 0.25) is 0 Å². The maximum atomic E-state index is 11.3. The lowest BCUT2D eigenvalue weighted by Gasteiger charge is -2.06. The van der Waals surface area contributed by atoms with Crippen LogP contribution in [0.3, 0.4) is 0 Å². The zero-order valence-electron chi connectivity index (χ0n) is 10.8. The molecule has 0 fully saturated rings. The summed E-state index contributed by atoms with van der Waals surface area (Å²) in [6.45, 7) is 0. The zero-order chi connectivity index (χ0) is 13.9. The first kappa shape index (κ1) is 12.3. The molecule has 0 aliphatic carbocycles. The molecule has 2 aromatic carbocycles. The maximum absolute atomic E-state index is 11.3. The average molecular weight is 263 g/mol. The highest BCUT2D eigenvalue weighted by atomic mass is 16.1. The van der Waals surface area contributed by atoms with Gasteiger partial charge in [0.25, 0.3) is 5.91 Å². The number of nitrogens with two attached hydrogens (primary N) is 1. The van der Waals surface area contributed by atoms with Crippen LogP contribution in [-0.2, 0) is 6.42 Å². The molecule has 0 spiro atoms. The number of rotatable bonds is 3. The second-order valence-corrected chi connectivity index (χ2v) is 4.57. The van der Waals surface area contributed by atoms with Gasteiger partial charge in [-0.15, -0.1) is 0 Å². The lowest BCUT2D eigenvalue weighted by atomic mass is 10.0. The van der Waals surface area contributed by atoms with Crippen molar-refractivity contribution in [2.45, 2.75) is 6.42 Å². The molecular weight excluding hydrogens is 250 g/mol. The Labute approximate surface area is 116 Å². The summed E-state index contributed by atoms with van der Waals surface area (Å²) >= 11 is 0. The minimum absolute atomic E-state index is 0.237. The highest BCUT2D eigenvalue weighted by Gasteiger charge is 2.11. The molecule has 4 heteroatoms. The van der Waals surface area contributed by atoms with Gasteiger partial charge in [-0.05, 0) is 16.3 Å². The number of nitrogens with zero attached hydrogens (tertiary/aromatic N) is 2. The normalized spacial score (nSPS) is 10.6. The van der Waals surface area contributed by atoms with E-state index in [2.05, 4.69) is 34.2 Å². The first-order valence-electron chi connectivity index (χ1n) is 6.31. The predicted octanol–water partition coefficient (Wildman–Crippen LogP) is 2.32. The number of benzene rings is 2. The van der Waals surface area contributed by atoms with Crippen molar-refractivity contribution in [3.8, 4) is 0 Å². The van der Waals surface area contributed by atoms with Crippen LogP contribution < -0.4 is 5.73 Å². The molecule has 20 heavy (non-hydrogen) atoms. The van der Waals surface area contributed by atoms with Crippen molar-refractivity contribution in [2.24, 2.45) is 5.73 Å². The summed E-state index contributed by atoms with van der Waals surface area (Å²) in [5.41, 5.74) is 7.24. The van der Waals surface area contributed by atoms with Crippen LogP contribution in [0, 0.1) is 0 Å². The van der Waals surface area contributed by atoms with Crippen molar-refractivity contribution in [3.63, 3.8) is 0 Å². The van der Waals surface area contributed by atoms with Gasteiger partial charge in [-0.3, -0.25) is 9.78 Å². The van der Waals surface area contributed by atoms with Crippen LogP contribution in [0.25, 0.3) is 10.8 Å². The van der Waals surface area contributed by atoms with E-state index in [4.69, 9.17) is 5.73 Å². The molecule has 4 nitrogen and oxygen atoms in total. The van der Waals surface area contributed by atoms with E-state index in [-0.39, 0.29) is 5.69 Å². The third-order valence-electron chi connectivity index (χ3n) is 3.19. The van der Waals surface area contributed by atoms with Crippen LogP contribution >= 0.6 is 0 Å². The van der Waals surface area contributed by atoms with E-state index in [0.29, 0.717) is 12.1 Å². The van der Waals surface area contributed by atoms with Crippen molar-refractivity contribution in [1.29, 1.82) is 0 Å². The Balaban J connectivity index is 1.99. The summed E-state index contributed by atoms with van der Waals surface area (Å²) in [5, 5.41) is 2.35. The van der Waals surface area contributed by atoms with Gasteiger partial charge in [0.1, 0.15) is 5.69 Å². The van der Waals surface area contributed by atoms with E-state index >= 15 is 0 Å². The van der Waals surface area contributed by atoms with Gasteiger partial charge in [0.05, 0.1) is 5.69 Å². The first-order chi connectivity index (χ1) is 9.74. The molecule has 3 aromatic rings. The van der Waals surface area contributed by atoms with Gasteiger partial charge in [0.15, 0.2) is 0 Å². The SMILES string of the molecule is NC(=O)c1nccnc1Cc1ccc2ccccc2c1. The molecule has 0 radical (unpaired) electrons. The fourth-order valence-corrected chi connectivity index (χ4v) is 2.24. The van der Waals surface area contributed by atoms with Crippen molar-refractivity contribution < 1.29 is 4.79 Å². The largest absolute Gasteiger partial charge is 0.364 e. The third kappa shape index (κ3) is 2.36. The van der Waals surface area contributed by atoms with E-state index < -0.39 is 5.91 Å². The predicted molar refractivity (Wildman–Crippen MR) is 77.3 cm³/mol. The molecular formula is C16H13N3O. The summed E-state index contributed by atoms with van der Waals surface area (Å²) in [6.07, 6.45) is 3.59. The lowest BCUT2D eigenvalue weighted by molar-refractivity contribution is 0.0994. The van der Waals surface area contributed by atoms with Gasteiger partial charge < -0.3 is 5.73 Å². The van der Waals surface area contributed by atoms with Crippen molar-refractivity contribution >= 4 is 16.7 Å². The van der Waals surface area contributed by atoms with E-state index in [0.717, 1.165) is 10.9 Å². The minimum atomic E-state index is -0.547. The van der Waals surface area contributed by atoms with Crippen LogP contribution in [0.5, 0.6) is 0 Å². The summed E-state index contributed by atoms with van der Waals surface area (Å²) < 4.78 is 0. The monoisotopic (exact) mass is 263 g/mol. The van der Waals surface area contributed by atoms with Crippen molar-refractivity contribution in [2.75, 3.05) is 0 Å². The molecule has 0 saturated carbocycles. The number of carbonyl (C=O) groups excluding carboxylic acids is 1. The molecule has 1 heterocycles. The molecule has 0 aliphatic rings. The Morgan fingerprint density at radius 1 is 1.00 bits per heavy atom. The Morgan fingerprint density at radius 2 is 1.75 bits per heavy atom. The molecule has 0 bridgehead atoms. The molecule has 0 unspecified atom stereocenters. The minimum Gasteiger partial charge on any atom is -0.364 e. The molecule has 3 rings (SSSR count). The number of aromatic nitrogens is 2. The first-order valence-corrected chi connectivity index (χ1v) is 6.31. The Hall–Kier alpha value is -2.75. The van der Waals surface area contributed by atoms with E-state index in [9.17, 15) is 4.79 Å². The molecule has 1 amide bonds. The summed E-state index contributed by atoms with van der Waals surface area (Å²) in [6, 6.07) is 14.3. The van der Waals surface area contributed by atoms with Crippen LogP contribution in [-0.4, -0.2) is 15.9 Å². The topological polar surface area (TPSA) is 68.9 Å². The summed E-state index contributed by atoms with van der Waals surface area (Å²) in [7, 11) is 0. The highest BCUT2D eigenvalue weighted by Crippen LogP contribution is 2.18. The van der Waals surface area contributed by atoms with Gasteiger partial charge in [0.2, 0.25) is 0 Å². The molecule has 0 atom stereocenters. The van der Waals surface area contributed by atoms with Crippen molar-refractivity contribution in [1.82, 2.24) is 9.97 Å². The molecule has 98 valence electrons. The smallest absolute Gasteiger partial charge is 0.269 e. The van der Waals surface area contributed by atoms with Gasteiger partial charge >= 0.3 is 0 Å². The molecule has 2 N–H and O–H groups in total. The molecule has 0 saturated heterocycles. The van der Waals surface area contributed by atoms with E-state index in [1.165, 1.54) is 11.6 Å². The standard InChI is InChI=1S/C16H13N3O/c17-16(20)15-14(18-7-8-19-15)10-11-5-6-12-3-1-2-4-13(12)9-11/h1-9H,10H2,(H2,17,20). The Morgan fingerprint density at radius 3 is 2.55 bits per heavy atom. The lowest BCUT2D eigenvalue weighted by Crippen LogP contribution is -2.17. The second kappa shape index (κ2) is 5.09. The number of fused-ring (bicyclic) bond motifs is 1. The van der Waals surface area contributed by atoms with Gasteiger partial charge in [-0.25, -0.2) is 4.98 Å². The van der Waals surface area contributed by atoms with Gasteiger partial charge in [-0.1, -0.05) is 42.5 Å². The highest BCUT2D eigenvalue weighted by molar-refractivity contribution is 5.92. The van der Waals surface area contributed by atoms with Crippen LogP contribution in [0.1, 0.15) is 21.7 Å². The fraction of sp³-hybridized carbons (Fsp3) is 0.0625. The molecule has 0 aliphatic heterocycles. The fourth-order valence-electron chi connectivity index (χ4n) is 2.24. The zero-order valence-corrected chi connectivity index (χ0v) is 10.8. The third-order valence-corrected chi connectivity index (χ3v) is 3.19. The van der Waals surface area contributed by atoms with Crippen LogP contribution in [0.4, 0.5) is 0 Å². The number of amides is 1. The summed E-state index contributed by atoms with van der Waals surface area (Å²) in [4.78, 5) is 19.6. The number of primary amides is 1. The van der Waals surface area contributed by atoms with E-state index in [1.54, 1.807) is 6.20 Å². The summed E-state index contributed by atoms with van der Waals surface area (Å²) in [5.74, 6) is -0.547. The van der Waals surface area contributed by atoms with E-state index in [1.807, 2.05) is 18.2 Å². The van der Waals surface area contributed by atoms with Crippen molar-refractivity contribution in [3.05, 3.63) is 71.8 Å². The maximum Gasteiger partial charge on any atom is 0.269 e. The number of hydrogen-bond donors (Lipinski definition) is 1. The van der Waals surface area contributed by atoms with Gasteiger partial charge in [-0.2, -0.15) is 0 Å². The Kier molecular flexibility index (Phi) is 3.13. The second-order valence-electron chi connectivity index (χ2n) is 4.57. The van der Waals surface area contributed by atoms with Crippen LogP contribution in [0.15, 0.2) is 54.9 Å². The average Bonchev–Trinajstić information content (AvgIpc) is 2.47. The quantitative estimate of drug-likeness (QED) is 0.788. The number of carbonyl (C=O) groups is 1. The van der Waals surface area contributed by atoms with Gasteiger partial charge in [0, 0.05) is 18.8 Å². The Bertz CT molecular complexity index is 783. The number of hydrogen-bond acceptors (Lipinski definition) is 3. The molecule has 1 aromatic heterocycles.